The molecule has 0 atom stereocenters. The third-order valence-electron chi connectivity index (χ3n) is 0.231. The van der Waals surface area contributed by atoms with Crippen molar-refractivity contribution in [2.75, 3.05) is 0 Å². The van der Waals surface area contributed by atoms with Gasteiger partial charge in [-0.15, -0.1) is 0 Å². The van der Waals surface area contributed by atoms with Crippen LogP contribution in [0.15, 0.2) is 0 Å². The van der Waals surface area contributed by atoms with E-state index in [0.717, 1.165) is 0 Å². The highest BCUT2D eigenvalue weighted by molar-refractivity contribution is 9.39. The van der Waals surface area contributed by atoms with Crippen LogP contribution in [0, 0.1) is 0 Å². The first-order chi connectivity index (χ1) is 2.56. The van der Waals surface area contributed by atoms with Gasteiger partial charge in [0.25, 0.3) is 0 Å². The van der Waals surface area contributed by atoms with E-state index in [2.05, 4.69) is 47.8 Å². The number of hydrogen-bond acceptors (Lipinski definition) is 1. The van der Waals surface area contributed by atoms with Crippen LogP contribution in [0.2, 0.25) is 0 Å². The lowest BCUT2D eigenvalue weighted by Gasteiger charge is -2.07. The van der Waals surface area contributed by atoms with Crippen LogP contribution >= 0.6 is 47.8 Å². The van der Waals surface area contributed by atoms with Gasteiger partial charge < -0.3 is 4.43 Å². The molecule has 0 aliphatic carbocycles. The molecule has 0 aliphatic rings. The Kier molecular flexibility index (Phi) is 3.57. The molecular weight excluding hydrogens is 296 g/mol. The second kappa shape index (κ2) is 2.81. The molecule has 0 saturated heterocycles. The predicted octanol–water partition coefficient (Wildman–Crippen LogP) is 1.08. The summed E-state index contributed by atoms with van der Waals surface area (Å²) in [6.45, 7) is 0. The molecule has 0 heterocycles. The molecule has 0 aliphatic heterocycles. The molecule has 0 N–H and O–H groups in total. The van der Waals surface area contributed by atoms with Crippen molar-refractivity contribution in [2.45, 2.75) is 2.33 Å². The summed E-state index contributed by atoms with van der Waals surface area (Å²) < 4.78 is 4.37. The molecule has 6 heavy (non-hydrogen) atoms. The Hall–Kier alpha value is 1.62. The van der Waals surface area contributed by atoms with Gasteiger partial charge in [-0.1, -0.05) is 0 Å². The van der Waals surface area contributed by atoms with Crippen molar-refractivity contribution in [3.8, 4) is 0 Å². The molecule has 5 heteroatoms. The molecule has 0 aromatic carbocycles. The van der Waals surface area contributed by atoms with E-state index < -0.39 is 2.33 Å². The van der Waals surface area contributed by atoms with Crippen molar-refractivity contribution in [1.82, 2.24) is 0 Å². The van der Waals surface area contributed by atoms with Crippen molar-refractivity contribution < 1.29 is 4.43 Å². The summed E-state index contributed by atoms with van der Waals surface area (Å²) in [5.74, 6) is 0. The topological polar surface area (TPSA) is 9.23 Å². The zero-order chi connectivity index (χ0) is 5.21. The normalized spacial score (nSPS) is 12.5. The van der Waals surface area contributed by atoms with Crippen molar-refractivity contribution in [1.29, 1.82) is 0 Å². The first kappa shape index (κ1) is 7.62. The van der Waals surface area contributed by atoms with Crippen LogP contribution in [0.4, 0.5) is 0 Å². The van der Waals surface area contributed by atoms with Crippen LogP contribution in [0.25, 0.3) is 0 Å². The second-order valence-electron chi connectivity index (χ2n) is 0.650. The van der Waals surface area contributed by atoms with Crippen LogP contribution < -0.4 is 0 Å². The number of rotatable bonds is 0. The molecule has 0 radical (unpaired) electrons. The summed E-state index contributed by atoms with van der Waals surface area (Å²) in [4.78, 5) is 0. The van der Waals surface area contributed by atoms with Gasteiger partial charge >= 0.3 is 0 Å². The van der Waals surface area contributed by atoms with E-state index in [1.807, 2.05) is 0 Å². The van der Waals surface area contributed by atoms with Crippen molar-refractivity contribution in [3.05, 3.63) is 0 Å². The molecule has 0 fully saturated rings. The van der Waals surface area contributed by atoms with E-state index in [0.29, 0.717) is 10.5 Å². The highest BCUT2D eigenvalue weighted by Crippen LogP contribution is 2.32. The van der Waals surface area contributed by atoms with Gasteiger partial charge in [-0.25, -0.2) is 0 Å². The first-order valence-electron chi connectivity index (χ1n) is 1.18. The molecule has 0 amide bonds. The summed E-state index contributed by atoms with van der Waals surface area (Å²) in [5, 5.41) is 0. The lowest BCUT2D eigenvalue weighted by molar-refractivity contribution is 0.395. The molecule has 0 rings (SSSR count). The summed E-state index contributed by atoms with van der Waals surface area (Å²) in [5.41, 5.74) is 0. The molecule has 0 unspecified atom stereocenters. The minimum atomic E-state index is -0.459. The highest BCUT2D eigenvalue weighted by Gasteiger charge is 2.12. The molecule has 0 aromatic rings. The lowest BCUT2D eigenvalue weighted by atomic mass is 11.7. The Bertz CT molecular complexity index is 40.5. The van der Waals surface area contributed by atoms with Gasteiger partial charge in [-0.05, 0) is 47.8 Å². The summed E-state index contributed by atoms with van der Waals surface area (Å²) in [6, 6.07) is 0. The van der Waals surface area contributed by atoms with Crippen LogP contribution in [0.5, 0.6) is 0 Å². The van der Waals surface area contributed by atoms with E-state index >= 15 is 0 Å². The van der Waals surface area contributed by atoms with Crippen molar-refractivity contribution in [2.24, 2.45) is 0 Å². The molecule has 1 nitrogen and oxygen atoms in total. The molecule has 0 aromatic heterocycles. The molecule has 0 saturated carbocycles. The first-order valence-corrected chi connectivity index (χ1v) is 4.37. The fourth-order valence-electron chi connectivity index (χ4n) is 0. The summed E-state index contributed by atoms with van der Waals surface area (Å²) >= 11 is 9.37. The van der Waals surface area contributed by atoms with E-state index in [1.54, 1.807) is 0 Å². The van der Waals surface area contributed by atoms with Gasteiger partial charge in [0, 0.05) is 0 Å². The average Bonchev–Trinajstić information content (AvgIpc) is 1.35. The molecular formula is CH3Br3OSi. The quantitative estimate of drug-likeness (QED) is 0.480. The van der Waals surface area contributed by atoms with E-state index in [9.17, 15) is 0 Å². The fourth-order valence-corrected chi connectivity index (χ4v) is 0. The largest absolute Gasteiger partial charge is 0.397 e. The van der Waals surface area contributed by atoms with Crippen LogP contribution in [0.1, 0.15) is 0 Å². The van der Waals surface area contributed by atoms with E-state index in [-0.39, 0.29) is 0 Å². The minimum Gasteiger partial charge on any atom is -0.397 e. The third-order valence-corrected chi connectivity index (χ3v) is 3.61. The van der Waals surface area contributed by atoms with E-state index in [1.165, 1.54) is 0 Å². The number of halogens is 3. The Morgan fingerprint density at radius 3 is 1.50 bits per heavy atom. The lowest BCUT2D eigenvalue weighted by Crippen LogP contribution is -2.01. The van der Waals surface area contributed by atoms with E-state index in [4.69, 9.17) is 4.43 Å². The van der Waals surface area contributed by atoms with Crippen LogP contribution in [-0.2, 0) is 4.43 Å². The SMILES string of the molecule is [SiH3]OC(Br)(Br)Br. The van der Waals surface area contributed by atoms with Gasteiger partial charge in [0.15, 0.2) is 0 Å². The second-order valence-corrected chi connectivity index (χ2v) is 7.60. The zero-order valence-corrected chi connectivity index (χ0v) is 9.80. The smallest absolute Gasteiger partial charge is 0.224 e. The Balaban J connectivity index is 3.17. The van der Waals surface area contributed by atoms with Crippen LogP contribution in [0.3, 0.4) is 0 Å². The van der Waals surface area contributed by atoms with Gasteiger partial charge in [0.2, 0.25) is 2.33 Å². The molecule has 38 valence electrons. The Morgan fingerprint density at radius 1 is 1.33 bits per heavy atom. The minimum absolute atomic E-state index is 0.459. The predicted molar refractivity (Wildman–Crippen MR) is 40.5 cm³/mol. The number of hydrogen-bond donors (Lipinski definition) is 0. The van der Waals surface area contributed by atoms with Gasteiger partial charge in [0.1, 0.15) is 10.5 Å². The van der Waals surface area contributed by atoms with Crippen LogP contribution in [-0.4, -0.2) is 12.8 Å². The van der Waals surface area contributed by atoms with Crippen molar-refractivity contribution >= 4 is 58.3 Å². The molecule has 0 bridgehead atoms. The maximum absolute atomic E-state index is 4.83. The Morgan fingerprint density at radius 2 is 1.50 bits per heavy atom. The third kappa shape index (κ3) is 5.62. The van der Waals surface area contributed by atoms with Crippen molar-refractivity contribution in [3.63, 3.8) is 0 Å². The number of alkyl halides is 3. The summed E-state index contributed by atoms with van der Waals surface area (Å²) in [7, 11) is 0.707. The highest BCUT2D eigenvalue weighted by atomic mass is 80.0. The average molecular weight is 299 g/mol. The van der Waals surface area contributed by atoms with Gasteiger partial charge in [-0.2, -0.15) is 0 Å². The van der Waals surface area contributed by atoms with Gasteiger partial charge in [-0.3, -0.25) is 0 Å². The fraction of sp³-hybridized carbons (Fsp3) is 1.00. The maximum Gasteiger partial charge on any atom is 0.224 e. The standard InChI is InChI=1S/CH3Br3OSi/c2-1(3,4)5-6/h6H3. The zero-order valence-electron chi connectivity index (χ0n) is 3.04. The Labute approximate surface area is 64.7 Å². The summed E-state index contributed by atoms with van der Waals surface area (Å²) in [6.07, 6.45) is 0. The monoisotopic (exact) mass is 296 g/mol. The maximum atomic E-state index is 4.83. The molecule has 0 spiro atoms. The van der Waals surface area contributed by atoms with Gasteiger partial charge in [0.05, 0.1) is 0 Å².